The number of carbonyl (C=O) groups excluding carboxylic acids is 2. The molecule has 0 atom stereocenters. The summed E-state index contributed by atoms with van der Waals surface area (Å²) in [5.74, 6) is 0.880. The number of rotatable bonds is 3. The molecule has 0 aliphatic carbocycles. The third-order valence-electron chi connectivity index (χ3n) is 3.91. The summed E-state index contributed by atoms with van der Waals surface area (Å²) in [5, 5.41) is 0. The van der Waals surface area contributed by atoms with Crippen LogP contribution in [0.25, 0.3) is 5.53 Å². The second kappa shape index (κ2) is 6.43. The Hall–Kier alpha value is -2.69. The Morgan fingerprint density at radius 2 is 1.96 bits per heavy atom. The van der Waals surface area contributed by atoms with Crippen molar-refractivity contribution in [3.63, 3.8) is 0 Å². The first-order chi connectivity index (χ1) is 11.5. The SMILES string of the molecule is COc1ccc2c(c1)CSc1cc(C(=O)C(C)=[N+]=[N-])ccc1C2=O. The minimum atomic E-state index is -0.364. The maximum absolute atomic E-state index is 12.8. The van der Waals surface area contributed by atoms with Gasteiger partial charge in [0.1, 0.15) is 5.75 Å². The number of methoxy groups -OCH3 is 1. The molecule has 0 amide bonds. The van der Waals surface area contributed by atoms with Crippen LogP contribution in [0.5, 0.6) is 5.75 Å². The number of ketones is 2. The Morgan fingerprint density at radius 1 is 1.21 bits per heavy atom. The predicted octanol–water partition coefficient (Wildman–Crippen LogP) is 3.41. The highest BCUT2D eigenvalue weighted by Crippen LogP contribution is 2.35. The van der Waals surface area contributed by atoms with Crippen LogP contribution < -0.4 is 4.74 Å². The van der Waals surface area contributed by atoms with Gasteiger partial charge in [0.05, 0.1) is 7.11 Å². The first-order valence-corrected chi connectivity index (χ1v) is 8.25. The molecule has 5 nitrogen and oxygen atoms in total. The number of benzene rings is 2. The van der Waals surface area contributed by atoms with Gasteiger partial charge in [-0.3, -0.25) is 9.59 Å². The Labute approximate surface area is 143 Å². The lowest BCUT2D eigenvalue weighted by molar-refractivity contribution is -0.00678. The van der Waals surface area contributed by atoms with Crippen molar-refractivity contribution in [1.82, 2.24) is 0 Å². The summed E-state index contributed by atoms with van der Waals surface area (Å²) in [5.41, 5.74) is 11.3. The molecule has 6 heteroatoms. The van der Waals surface area contributed by atoms with Crippen LogP contribution in [0.2, 0.25) is 0 Å². The molecule has 120 valence electrons. The molecule has 1 heterocycles. The summed E-state index contributed by atoms with van der Waals surface area (Å²) in [4.78, 5) is 28.6. The van der Waals surface area contributed by atoms with Crippen LogP contribution in [-0.2, 0) is 5.75 Å². The number of carbonyl (C=O) groups is 2. The minimum absolute atomic E-state index is 0.00733. The summed E-state index contributed by atoms with van der Waals surface area (Å²) in [6.07, 6.45) is 0. The Kier molecular flexibility index (Phi) is 4.34. The van der Waals surface area contributed by atoms with Gasteiger partial charge in [0.15, 0.2) is 5.78 Å². The van der Waals surface area contributed by atoms with Gasteiger partial charge in [-0.25, -0.2) is 0 Å². The topological polar surface area (TPSA) is 79.8 Å². The zero-order valence-electron chi connectivity index (χ0n) is 13.2. The van der Waals surface area contributed by atoms with Crippen LogP contribution in [0, 0.1) is 0 Å². The summed E-state index contributed by atoms with van der Waals surface area (Å²) in [6, 6.07) is 10.3. The standard InChI is InChI=1S/C18H14N2O3S/c1-10(20-19)17(21)11-3-5-15-16(8-11)24-9-12-7-13(23-2)4-6-14(12)18(15)22/h3-8H,9H2,1-2H3. The van der Waals surface area contributed by atoms with Crippen molar-refractivity contribution in [2.75, 3.05) is 7.11 Å². The van der Waals surface area contributed by atoms with E-state index in [9.17, 15) is 9.59 Å². The van der Waals surface area contributed by atoms with E-state index in [4.69, 9.17) is 10.3 Å². The van der Waals surface area contributed by atoms with Gasteiger partial charge in [-0.05, 0) is 42.0 Å². The van der Waals surface area contributed by atoms with E-state index in [0.717, 1.165) is 10.5 Å². The summed E-state index contributed by atoms with van der Waals surface area (Å²) < 4.78 is 5.22. The average molecular weight is 338 g/mol. The fraction of sp³-hybridized carbons (Fsp3) is 0.167. The Balaban J connectivity index is 2.05. The van der Waals surface area contributed by atoms with Crippen LogP contribution in [-0.4, -0.2) is 29.2 Å². The lowest BCUT2D eigenvalue weighted by Gasteiger charge is -2.07. The van der Waals surface area contributed by atoms with Gasteiger partial charge in [-0.1, -0.05) is 0 Å². The number of hydrogen-bond acceptors (Lipinski definition) is 4. The molecule has 2 aromatic rings. The zero-order chi connectivity index (χ0) is 17.3. The van der Waals surface area contributed by atoms with Crippen molar-refractivity contribution in [1.29, 1.82) is 0 Å². The summed E-state index contributed by atoms with van der Waals surface area (Å²) in [6.45, 7) is 1.44. The molecular formula is C18H14N2O3S. The molecule has 0 saturated carbocycles. The number of nitrogens with zero attached hydrogens (tertiary/aromatic N) is 2. The molecule has 0 fully saturated rings. The molecule has 0 saturated heterocycles. The molecule has 3 rings (SSSR count). The van der Waals surface area contributed by atoms with E-state index < -0.39 is 0 Å². The molecule has 2 aromatic carbocycles. The maximum atomic E-state index is 12.8. The van der Waals surface area contributed by atoms with E-state index in [1.807, 2.05) is 6.07 Å². The highest BCUT2D eigenvalue weighted by Gasteiger charge is 2.24. The molecule has 24 heavy (non-hydrogen) atoms. The number of hydrogen-bond donors (Lipinski definition) is 0. The zero-order valence-corrected chi connectivity index (χ0v) is 14.0. The van der Waals surface area contributed by atoms with Crippen molar-refractivity contribution in [2.45, 2.75) is 17.6 Å². The largest absolute Gasteiger partial charge is 0.497 e. The lowest BCUT2D eigenvalue weighted by atomic mass is 9.97. The van der Waals surface area contributed by atoms with E-state index in [1.165, 1.54) is 18.7 Å². The van der Waals surface area contributed by atoms with E-state index in [1.54, 1.807) is 37.4 Å². The van der Waals surface area contributed by atoms with Gasteiger partial charge in [-0.15, -0.1) is 11.8 Å². The second-order valence-corrected chi connectivity index (χ2v) is 6.38. The fourth-order valence-corrected chi connectivity index (χ4v) is 3.64. The quantitative estimate of drug-likeness (QED) is 0.372. The molecule has 0 spiro atoms. The molecular weight excluding hydrogens is 324 g/mol. The lowest BCUT2D eigenvalue weighted by Crippen LogP contribution is -2.12. The van der Waals surface area contributed by atoms with Gasteiger partial charge >= 0.3 is 5.71 Å². The van der Waals surface area contributed by atoms with Gasteiger partial charge in [0.25, 0.3) is 5.78 Å². The van der Waals surface area contributed by atoms with Crippen LogP contribution in [0.1, 0.15) is 38.8 Å². The monoisotopic (exact) mass is 338 g/mol. The molecule has 1 aliphatic heterocycles. The van der Waals surface area contributed by atoms with Crippen LogP contribution in [0.15, 0.2) is 41.3 Å². The van der Waals surface area contributed by atoms with E-state index in [-0.39, 0.29) is 17.3 Å². The maximum Gasteiger partial charge on any atom is 0.336 e. The first kappa shape index (κ1) is 16.2. The number of ether oxygens (including phenoxy) is 1. The third-order valence-corrected chi connectivity index (χ3v) is 5.01. The van der Waals surface area contributed by atoms with Crippen molar-refractivity contribution < 1.29 is 19.1 Å². The van der Waals surface area contributed by atoms with Gasteiger partial charge in [-0.2, -0.15) is 4.79 Å². The van der Waals surface area contributed by atoms with E-state index >= 15 is 0 Å². The van der Waals surface area contributed by atoms with Crippen molar-refractivity contribution >= 4 is 29.0 Å². The second-order valence-electron chi connectivity index (χ2n) is 5.37. The fourth-order valence-electron chi connectivity index (χ4n) is 2.56. The smallest absolute Gasteiger partial charge is 0.336 e. The minimum Gasteiger partial charge on any atom is -0.497 e. The van der Waals surface area contributed by atoms with Crippen LogP contribution >= 0.6 is 11.8 Å². The van der Waals surface area contributed by atoms with Crippen LogP contribution in [0.4, 0.5) is 0 Å². The summed E-state index contributed by atoms with van der Waals surface area (Å²) in [7, 11) is 1.59. The highest BCUT2D eigenvalue weighted by atomic mass is 32.2. The first-order valence-electron chi connectivity index (χ1n) is 7.27. The molecule has 0 bridgehead atoms. The van der Waals surface area contributed by atoms with E-state index in [2.05, 4.69) is 4.79 Å². The number of fused-ring (bicyclic) bond motifs is 2. The normalized spacial score (nSPS) is 12.5. The Morgan fingerprint density at radius 3 is 2.67 bits per heavy atom. The Bertz CT molecular complexity index is 914. The third kappa shape index (κ3) is 2.77. The number of thioether (sulfide) groups is 1. The molecule has 0 aromatic heterocycles. The van der Waals surface area contributed by atoms with Crippen LogP contribution in [0.3, 0.4) is 0 Å². The average Bonchev–Trinajstić information content (AvgIpc) is 2.76. The molecule has 0 unspecified atom stereocenters. The molecule has 1 aliphatic rings. The van der Waals surface area contributed by atoms with Gasteiger partial charge in [0, 0.05) is 34.3 Å². The van der Waals surface area contributed by atoms with Crippen molar-refractivity contribution in [2.24, 2.45) is 0 Å². The van der Waals surface area contributed by atoms with Crippen molar-refractivity contribution in [3.05, 3.63) is 64.2 Å². The predicted molar refractivity (Wildman–Crippen MR) is 91.1 cm³/mol. The van der Waals surface area contributed by atoms with Crippen molar-refractivity contribution in [3.8, 4) is 5.75 Å². The molecule has 0 N–H and O–H groups in total. The molecule has 0 radical (unpaired) electrons. The van der Waals surface area contributed by atoms with Gasteiger partial charge in [0.2, 0.25) is 0 Å². The highest BCUT2D eigenvalue weighted by molar-refractivity contribution is 7.98. The van der Waals surface area contributed by atoms with Gasteiger partial charge < -0.3 is 10.3 Å². The summed E-state index contributed by atoms with van der Waals surface area (Å²) >= 11 is 1.50. The number of Topliss-reactive ketones (excluding diaryl/α,β-unsaturated/α-hetero) is 1. The van der Waals surface area contributed by atoms with E-state index in [0.29, 0.717) is 28.2 Å².